The normalized spacial score (nSPS) is 18.5. The zero-order valence-electron chi connectivity index (χ0n) is 12.7. The molecule has 0 bridgehead atoms. The summed E-state index contributed by atoms with van der Waals surface area (Å²) in [6.07, 6.45) is 11.3. The van der Waals surface area contributed by atoms with Crippen molar-refractivity contribution < 1.29 is 4.42 Å². The molecule has 0 amide bonds. The van der Waals surface area contributed by atoms with E-state index >= 15 is 0 Å². The third kappa shape index (κ3) is 5.35. The smallest absolute Gasteiger partial charge is 0.208 e. The first-order valence-electron chi connectivity index (χ1n) is 7.71. The van der Waals surface area contributed by atoms with Gasteiger partial charge in [0.05, 0.1) is 12.7 Å². The van der Waals surface area contributed by atoms with Gasteiger partial charge in [0.15, 0.2) is 0 Å². The van der Waals surface area contributed by atoms with E-state index in [9.17, 15) is 0 Å². The average Bonchev–Trinajstić information content (AvgIpc) is 2.61. The largest absolute Gasteiger partial charge is 0.444 e. The Morgan fingerprint density at radius 2 is 1.89 bits per heavy atom. The molecule has 108 valence electrons. The van der Waals surface area contributed by atoms with Gasteiger partial charge in [-0.25, -0.2) is 4.98 Å². The molecule has 1 aliphatic rings. The Kier molecular flexibility index (Phi) is 5.03. The van der Waals surface area contributed by atoms with Crippen LogP contribution in [-0.4, -0.2) is 10.5 Å². The van der Waals surface area contributed by atoms with Gasteiger partial charge in [-0.1, -0.05) is 38.5 Å². The first kappa shape index (κ1) is 14.6. The van der Waals surface area contributed by atoms with E-state index in [0.717, 1.165) is 24.0 Å². The Bertz CT molecular complexity index is 370. The summed E-state index contributed by atoms with van der Waals surface area (Å²) in [7, 11) is 0. The van der Waals surface area contributed by atoms with Crippen molar-refractivity contribution in [2.24, 2.45) is 5.92 Å². The molecule has 0 spiro atoms. The molecule has 1 fully saturated rings. The molecule has 1 heterocycles. The van der Waals surface area contributed by atoms with E-state index in [0.29, 0.717) is 6.54 Å². The lowest BCUT2D eigenvalue weighted by Crippen LogP contribution is -2.35. The second-order valence-corrected chi connectivity index (χ2v) is 6.89. The second-order valence-electron chi connectivity index (χ2n) is 6.89. The topological polar surface area (TPSA) is 38.1 Å². The molecule has 3 heteroatoms. The van der Waals surface area contributed by atoms with E-state index < -0.39 is 0 Å². The molecule has 2 rings (SSSR count). The fourth-order valence-corrected chi connectivity index (χ4v) is 2.72. The molecule has 1 aromatic heterocycles. The van der Waals surface area contributed by atoms with Gasteiger partial charge in [0.25, 0.3) is 0 Å². The summed E-state index contributed by atoms with van der Waals surface area (Å²) >= 11 is 0. The van der Waals surface area contributed by atoms with Crippen LogP contribution in [0.15, 0.2) is 10.6 Å². The van der Waals surface area contributed by atoms with Gasteiger partial charge in [-0.15, -0.1) is 0 Å². The summed E-state index contributed by atoms with van der Waals surface area (Å²) in [6.45, 7) is 7.18. The van der Waals surface area contributed by atoms with Crippen molar-refractivity contribution in [1.82, 2.24) is 10.3 Å². The van der Waals surface area contributed by atoms with Crippen LogP contribution >= 0.6 is 0 Å². The summed E-state index contributed by atoms with van der Waals surface area (Å²) in [5, 5.41) is 3.41. The van der Waals surface area contributed by atoms with Crippen LogP contribution in [0.2, 0.25) is 0 Å². The minimum absolute atomic E-state index is 0.107. The third-order valence-corrected chi connectivity index (χ3v) is 3.84. The average molecular weight is 264 g/mol. The summed E-state index contributed by atoms with van der Waals surface area (Å²) in [4.78, 5) is 4.38. The Morgan fingerprint density at radius 3 is 2.53 bits per heavy atom. The van der Waals surface area contributed by atoms with Crippen molar-refractivity contribution in [2.45, 2.75) is 77.8 Å². The molecule has 3 nitrogen and oxygen atoms in total. The Hall–Kier alpha value is -0.830. The van der Waals surface area contributed by atoms with E-state index in [1.54, 1.807) is 0 Å². The number of nitrogens with zero attached hydrogens (tertiary/aromatic N) is 1. The predicted octanol–water partition coefficient (Wildman–Crippen LogP) is 4.08. The number of oxazole rings is 1. The first-order valence-corrected chi connectivity index (χ1v) is 7.71. The number of aromatic nitrogens is 1. The van der Waals surface area contributed by atoms with Gasteiger partial charge in [-0.2, -0.15) is 0 Å². The van der Waals surface area contributed by atoms with Crippen LogP contribution in [0.1, 0.15) is 70.9 Å². The van der Waals surface area contributed by atoms with Crippen LogP contribution in [0.4, 0.5) is 0 Å². The molecule has 0 unspecified atom stereocenters. The maximum atomic E-state index is 5.85. The summed E-state index contributed by atoms with van der Waals surface area (Å²) < 4.78 is 5.85. The third-order valence-electron chi connectivity index (χ3n) is 3.84. The van der Waals surface area contributed by atoms with Crippen molar-refractivity contribution in [1.29, 1.82) is 0 Å². The molecule has 19 heavy (non-hydrogen) atoms. The molecular formula is C16H28N2O. The van der Waals surface area contributed by atoms with Crippen molar-refractivity contribution in [3.8, 4) is 0 Å². The monoisotopic (exact) mass is 264 g/mol. The van der Waals surface area contributed by atoms with Crippen LogP contribution in [-0.2, 0) is 13.0 Å². The molecule has 1 saturated carbocycles. The fraction of sp³-hybridized carbons (Fsp3) is 0.812. The highest BCUT2D eigenvalue weighted by atomic mass is 16.4. The van der Waals surface area contributed by atoms with Gasteiger partial charge in [0.2, 0.25) is 5.89 Å². The maximum absolute atomic E-state index is 5.85. The van der Waals surface area contributed by atoms with E-state index in [1.807, 2.05) is 6.20 Å². The van der Waals surface area contributed by atoms with E-state index in [-0.39, 0.29) is 5.54 Å². The van der Waals surface area contributed by atoms with Crippen LogP contribution in [0, 0.1) is 5.92 Å². The molecule has 1 aliphatic carbocycles. The molecule has 0 radical (unpaired) electrons. The Balaban J connectivity index is 1.82. The SMILES string of the molecule is CC(C)(C)NCc1ncc(CC2CCCCCC2)o1. The minimum atomic E-state index is 0.107. The first-order chi connectivity index (χ1) is 9.03. The predicted molar refractivity (Wildman–Crippen MR) is 78.0 cm³/mol. The second kappa shape index (κ2) is 6.56. The van der Waals surface area contributed by atoms with E-state index in [4.69, 9.17) is 4.42 Å². The number of hydrogen-bond donors (Lipinski definition) is 1. The standard InChI is InChI=1S/C16H28N2O/c1-16(2,3)18-12-15-17-11-14(19-15)10-13-8-6-4-5-7-9-13/h11,13,18H,4-10,12H2,1-3H3. The van der Waals surface area contributed by atoms with Gasteiger partial charge in [0, 0.05) is 12.0 Å². The summed E-state index contributed by atoms with van der Waals surface area (Å²) in [6, 6.07) is 0. The van der Waals surface area contributed by atoms with Crippen LogP contribution in [0.5, 0.6) is 0 Å². The van der Waals surface area contributed by atoms with E-state index in [1.165, 1.54) is 38.5 Å². The Labute approximate surface area is 117 Å². The van der Waals surface area contributed by atoms with Crippen molar-refractivity contribution in [3.63, 3.8) is 0 Å². The number of hydrogen-bond acceptors (Lipinski definition) is 3. The molecule has 1 N–H and O–H groups in total. The summed E-state index contributed by atoms with van der Waals surface area (Å²) in [5.41, 5.74) is 0.107. The molecule has 0 aromatic carbocycles. The lowest BCUT2D eigenvalue weighted by atomic mass is 9.96. The van der Waals surface area contributed by atoms with Gasteiger partial charge in [-0.05, 0) is 26.7 Å². The molecule has 1 aromatic rings. The summed E-state index contributed by atoms with van der Waals surface area (Å²) in [5.74, 6) is 2.69. The van der Waals surface area contributed by atoms with Gasteiger partial charge >= 0.3 is 0 Å². The van der Waals surface area contributed by atoms with Crippen LogP contribution in [0.3, 0.4) is 0 Å². The molecule has 0 atom stereocenters. The molecular weight excluding hydrogens is 236 g/mol. The lowest BCUT2D eigenvalue weighted by molar-refractivity contribution is 0.354. The quantitative estimate of drug-likeness (QED) is 0.833. The zero-order chi connectivity index (χ0) is 13.7. The fourth-order valence-electron chi connectivity index (χ4n) is 2.72. The van der Waals surface area contributed by atoms with Gasteiger partial charge in [0.1, 0.15) is 5.76 Å². The highest BCUT2D eigenvalue weighted by Gasteiger charge is 2.16. The van der Waals surface area contributed by atoms with Crippen molar-refractivity contribution in [3.05, 3.63) is 17.8 Å². The van der Waals surface area contributed by atoms with Crippen LogP contribution in [0.25, 0.3) is 0 Å². The minimum Gasteiger partial charge on any atom is -0.444 e. The van der Waals surface area contributed by atoms with Gasteiger partial charge < -0.3 is 9.73 Å². The van der Waals surface area contributed by atoms with Gasteiger partial charge in [-0.3, -0.25) is 0 Å². The maximum Gasteiger partial charge on any atom is 0.208 e. The Morgan fingerprint density at radius 1 is 1.21 bits per heavy atom. The number of rotatable bonds is 4. The van der Waals surface area contributed by atoms with Crippen molar-refractivity contribution >= 4 is 0 Å². The zero-order valence-corrected chi connectivity index (χ0v) is 12.7. The van der Waals surface area contributed by atoms with Crippen molar-refractivity contribution in [2.75, 3.05) is 0 Å². The van der Waals surface area contributed by atoms with Crippen LogP contribution < -0.4 is 5.32 Å². The van der Waals surface area contributed by atoms with E-state index in [2.05, 4.69) is 31.1 Å². The highest BCUT2D eigenvalue weighted by Crippen LogP contribution is 2.26. The highest BCUT2D eigenvalue weighted by molar-refractivity contribution is 4.96. The lowest BCUT2D eigenvalue weighted by Gasteiger charge is -2.19. The molecule has 0 saturated heterocycles. The molecule has 0 aliphatic heterocycles. The number of nitrogens with one attached hydrogen (secondary N) is 1.